The van der Waals surface area contributed by atoms with E-state index < -0.39 is 0 Å². The molecule has 0 radical (unpaired) electrons. The summed E-state index contributed by atoms with van der Waals surface area (Å²) in [6.07, 6.45) is 1.14. The van der Waals surface area contributed by atoms with E-state index in [-0.39, 0.29) is 0 Å². The Bertz CT molecular complexity index is 571. The van der Waals surface area contributed by atoms with Crippen LogP contribution < -0.4 is 5.32 Å². The van der Waals surface area contributed by atoms with Crippen molar-refractivity contribution in [1.82, 2.24) is 15.5 Å². The van der Waals surface area contributed by atoms with Crippen LogP contribution in [0.2, 0.25) is 0 Å². The average Bonchev–Trinajstić information content (AvgIpc) is 2.83. The highest BCUT2D eigenvalue weighted by atomic mass is 79.9. The first-order valence-electron chi connectivity index (χ1n) is 6.61. The van der Waals surface area contributed by atoms with Crippen LogP contribution in [-0.2, 0) is 0 Å². The lowest BCUT2D eigenvalue weighted by Crippen LogP contribution is -2.19. The second-order valence-corrected chi connectivity index (χ2v) is 7.93. The van der Waals surface area contributed by atoms with Crippen LogP contribution in [0.25, 0.3) is 0 Å². The first kappa shape index (κ1) is 15.9. The van der Waals surface area contributed by atoms with E-state index >= 15 is 0 Å². The summed E-state index contributed by atoms with van der Waals surface area (Å²) in [5.41, 5.74) is 1.30. The van der Waals surface area contributed by atoms with Crippen LogP contribution in [0.4, 0.5) is 0 Å². The maximum Gasteiger partial charge on any atom is 0.179 e. The molecule has 2 rings (SSSR count). The predicted octanol–water partition coefficient (Wildman–Crippen LogP) is 4.82. The van der Waals surface area contributed by atoms with Gasteiger partial charge in [0, 0.05) is 15.4 Å². The van der Waals surface area contributed by atoms with E-state index in [2.05, 4.69) is 63.5 Å². The van der Waals surface area contributed by atoms with Crippen LogP contribution in [0.15, 0.2) is 31.9 Å². The highest BCUT2D eigenvalue weighted by Gasteiger charge is 2.13. The van der Waals surface area contributed by atoms with Crippen molar-refractivity contribution in [3.63, 3.8) is 0 Å². The molecule has 2 aromatic rings. The summed E-state index contributed by atoms with van der Waals surface area (Å²) in [7, 11) is 0. The second-order valence-electron chi connectivity index (χ2n) is 4.55. The van der Waals surface area contributed by atoms with Gasteiger partial charge >= 0.3 is 0 Å². The molecule has 1 unspecified atom stereocenters. The van der Waals surface area contributed by atoms with E-state index in [1.165, 1.54) is 10.5 Å². The van der Waals surface area contributed by atoms with Gasteiger partial charge in [0.1, 0.15) is 5.01 Å². The maximum atomic E-state index is 4.20. The molecule has 0 aliphatic heterocycles. The molecule has 1 atom stereocenters. The molecule has 1 N–H and O–H groups in total. The van der Waals surface area contributed by atoms with Gasteiger partial charge in [-0.25, -0.2) is 0 Å². The lowest BCUT2D eigenvalue weighted by atomic mass is 10.1. The first-order valence-corrected chi connectivity index (χ1v) is 9.03. The molecular weight excluding hydrogens is 354 g/mol. The quantitative estimate of drug-likeness (QED) is 0.789. The number of aromatic nitrogens is 2. The average molecular weight is 372 g/mol. The number of nitrogens with zero attached hydrogens (tertiary/aromatic N) is 2. The minimum absolute atomic E-state index is 0.323. The Hall–Kier alpha value is -0.430. The van der Waals surface area contributed by atoms with Crippen LogP contribution in [-0.4, -0.2) is 16.7 Å². The van der Waals surface area contributed by atoms with Crippen molar-refractivity contribution in [2.45, 2.75) is 42.5 Å². The molecule has 108 valence electrons. The molecule has 0 saturated carbocycles. The maximum absolute atomic E-state index is 4.20. The molecule has 0 saturated heterocycles. The first-order chi connectivity index (χ1) is 9.60. The van der Waals surface area contributed by atoms with Gasteiger partial charge in [-0.3, -0.25) is 0 Å². The standard InChI is InChI=1S/C14H18BrN3S2/c1-4-7-16-9(2)12-8-11(15)5-6-13(12)20-14-18-17-10(3)19-14/h5-6,8-9,16H,4,7H2,1-3H3. The number of benzene rings is 1. The molecule has 20 heavy (non-hydrogen) atoms. The van der Waals surface area contributed by atoms with Crippen molar-refractivity contribution in [2.75, 3.05) is 6.54 Å². The summed E-state index contributed by atoms with van der Waals surface area (Å²) in [5, 5.41) is 12.8. The summed E-state index contributed by atoms with van der Waals surface area (Å²) < 4.78 is 2.10. The van der Waals surface area contributed by atoms with Gasteiger partial charge in [0.05, 0.1) is 0 Å². The van der Waals surface area contributed by atoms with Gasteiger partial charge in [-0.2, -0.15) is 0 Å². The third-order valence-electron chi connectivity index (χ3n) is 2.84. The van der Waals surface area contributed by atoms with E-state index in [9.17, 15) is 0 Å². The number of nitrogens with one attached hydrogen (secondary N) is 1. The molecule has 0 spiro atoms. The molecule has 0 amide bonds. The summed E-state index contributed by atoms with van der Waals surface area (Å²) >= 11 is 6.88. The SMILES string of the molecule is CCCNC(C)c1cc(Br)ccc1Sc1nnc(C)s1. The van der Waals surface area contributed by atoms with Gasteiger partial charge in [-0.05, 0) is 50.6 Å². The van der Waals surface area contributed by atoms with Crippen molar-refractivity contribution in [1.29, 1.82) is 0 Å². The topological polar surface area (TPSA) is 37.8 Å². The molecular formula is C14H18BrN3S2. The van der Waals surface area contributed by atoms with Crippen LogP contribution in [0.1, 0.15) is 36.9 Å². The number of halogens is 1. The Labute approximate surface area is 136 Å². The van der Waals surface area contributed by atoms with Gasteiger partial charge in [-0.15, -0.1) is 10.2 Å². The Morgan fingerprint density at radius 2 is 2.20 bits per heavy atom. The minimum atomic E-state index is 0.323. The number of aryl methyl sites for hydroxylation is 1. The van der Waals surface area contributed by atoms with Crippen LogP contribution in [0.5, 0.6) is 0 Å². The fourth-order valence-corrected chi connectivity index (χ4v) is 4.19. The largest absolute Gasteiger partial charge is 0.310 e. The van der Waals surface area contributed by atoms with Gasteiger partial charge < -0.3 is 5.32 Å². The summed E-state index contributed by atoms with van der Waals surface area (Å²) in [6.45, 7) is 7.39. The summed E-state index contributed by atoms with van der Waals surface area (Å²) in [5.74, 6) is 0. The van der Waals surface area contributed by atoms with Gasteiger partial charge in [0.2, 0.25) is 0 Å². The molecule has 1 heterocycles. The van der Waals surface area contributed by atoms with E-state index in [1.807, 2.05) is 6.92 Å². The monoisotopic (exact) mass is 371 g/mol. The number of rotatable bonds is 6. The second kappa shape index (κ2) is 7.54. The third kappa shape index (κ3) is 4.28. The molecule has 0 bridgehead atoms. The van der Waals surface area contributed by atoms with Crippen molar-refractivity contribution < 1.29 is 0 Å². The number of hydrogen-bond acceptors (Lipinski definition) is 5. The van der Waals surface area contributed by atoms with Crippen LogP contribution in [0, 0.1) is 6.92 Å². The minimum Gasteiger partial charge on any atom is -0.310 e. The molecule has 1 aromatic heterocycles. The van der Waals surface area contributed by atoms with E-state index in [1.54, 1.807) is 23.1 Å². The van der Waals surface area contributed by atoms with Crippen LogP contribution in [0.3, 0.4) is 0 Å². The third-order valence-corrected chi connectivity index (χ3v) is 5.32. The zero-order valence-corrected chi connectivity index (χ0v) is 15.0. The zero-order chi connectivity index (χ0) is 14.5. The smallest absolute Gasteiger partial charge is 0.179 e. The van der Waals surface area contributed by atoms with Crippen molar-refractivity contribution >= 4 is 39.0 Å². The van der Waals surface area contributed by atoms with Crippen molar-refractivity contribution in [2.24, 2.45) is 0 Å². The molecule has 1 aromatic carbocycles. The van der Waals surface area contributed by atoms with Crippen molar-refractivity contribution in [3.8, 4) is 0 Å². The fraction of sp³-hybridized carbons (Fsp3) is 0.429. The molecule has 0 fully saturated rings. The Morgan fingerprint density at radius 1 is 1.40 bits per heavy atom. The van der Waals surface area contributed by atoms with Gasteiger partial charge in [0.25, 0.3) is 0 Å². The normalized spacial score (nSPS) is 12.6. The molecule has 0 aliphatic rings. The van der Waals surface area contributed by atoms with Gasteiger partial charge in [-0.1, -0.05) is 46.0 Å². The lowest BCUT2D eigenvalue weighted by molar-refractivity contribution is 0.563. The van der Waals surface area contributed by atoms with E-state index in [0.717, 1.165) is 26.8 Å². The van der Waals surface area contributed by atoms with Crippen molar-refractivity contribution in [3.05, 3.63) is 33.2 Å². The Kier molecular flexibility index (Phi) is 6.01. The Morgan fingerprint density at radius 3 is 2.85 bits per heavy atom. The number of hydrogen-bond donors (Lipinski definition) is 1. The Balaban J connectivity index is 2.23. The highest BCUT2D eigenvalue weighted by Crippen LogP contribution is 2.36. The highest BCUT2D eigenvalue weighted by molar-refractivity contribution is 9.10. The predicted molar refractivity (Wildman–Crippen MR) is 89.6 cm³/mol. The lowest BCUT2D eigenvalue weighted by Gasteiger charge is -2.17. The summed E-state index contributed by atoms with van der Waals surface area (Å²) in [4.78, 5) is 1.24. The van der Waals surface area contributed by atoms with Gasteiger partial charge in [0.15, 0.2) is 4.34 Å². The molecule has 0 aliphatic carbocycles. The van der Waals surface area contributed by atoms with E-state index in [4.69, 9.17) is 0 Å². The molecule has 6 heteroatoms. The summed E-state index contributed by atoms with van der Waals surface area (Å²) in [6, 6.07) is 6.73. The van der Waals surface area contributed by atoms with E-state index in [0.29, 0.717) is 6.04 Å². The van der Waals surface area contributed by atoms with Crippen LogP contribution >= 0.6 is 39.0 Å². The fourth-order valence-electron chi connectivity index (χ4n) is 1.84. The zero-order valence-electron chi connectivity index (χ0n) is 11.8. The molecule has 3 nitrogen and oxygen atoms in total.